The van der Waals surface area contributed by atoms with E-state index in [9.17, 15) is 9.90 Å². The van der Waals surface area contributed by atoms with Crippen molar-refractivity contribution in [3.8, 4) is 11.5 Å². The number of aromatic hydroxyl groups is 1. The lowest BCUT2D eigenvalue weighted by molar-refractivity contribution is 0.0990. The summed E-state index contributed by atoms with van der Waals surface area (Å²) in [6.07, 6.45) is 0.160. The minimum atomic E-state index is -0.191. The molecule has 0 amide bonds. The molecule has 1 N–H and O–H groups in total. The summed E-state index contributed by atoms with van der Waals surface area (Å²) < 4.78 is 5.45. The summed E-state index contributed by atoms with van der Waals surface area (Å²) in [6, 6.07) is 25.9. The van der Waals surface area contributed by atoms with E-state index in [-0.39, 0.29) is 29.2 Å². The first-order chi connectivity index (χ1) is 15.2. The normalized spacial score (nSPS) is 11.1. The third kappa shape index (κ3) is 4.61. The van der Waals surface area contributed by atoms with Gasteiger partial charge in [0.2, 0.25) is 0 Å². The van der Waals surface area contributed by atoms with Gasteiger partial charge in [0.1, 0.15) is 11.4 Å². The molecule has 5 nitrogen and oxygen atoms in total. The number of hydrogen-bond acceptors (Lipinski definition) is 5. The van der Waals surface area contributed by atoms with Gasteiger partial charge in [0.05, 0.1) is 17.9 Å². The number of nitrogens with zero attached hydrogens (tertiary/aromatic N) is 2. The lowest BCUT2D eigenvalue weighted by Gasteiger charge is -2.10. The Hall–Kier alpha value is -3.99. The predicted octanol–water partition coefficient (Wildman–Crippen LogP) is 6.78. The first-order valence-corrected chi connectivity index (χ1v) is 10.1. The third-order valence-electron chi connectivity index (χ3n) is 4.92. The zero-order valence-electron chi connectivity index (χ0n) is 17.2. The Kier molecular flexibility index (Phi) is 6.03. The number of ether oxygens (including phenoxy) is 1. The molecule has 0 saturated heterocycles. The van der Waals surface area contributed by atoms with Crippen molar-refractivity contribution in [3.05, 3.63) is 96.1 Å². The summed E-state index contributed by atoms with van der Waals surface area (Å²) >= 11 is 0. The number of carbonyl (C=O) groups is 1. The van der Waals surface area contributed by atoms with Crippen LogP contribution in [0, 0.1) is 0 Å². The van der Waals surface area contributed by atoms with Crippen LogP contribution < -0.4 is 4.74 Å². The fourth-order valence-electron chi connectivity index (χ4n) is 3.38. The minimum Gasteiger partial charge on any atom is -0.505 e. The molecule has 4 aromatic carbocycles. The second-order valence-electron chi connectivity index (χ2n) is 7.05. The third-order valence-corrected chi connectivity index (χ3v) is 4.92. The molecular formula is C26H22N2O3. The van der Waals surface area contributed by atoms with Crippen LogP contribution in [0.15, 0.2) is 95.2 Å². The maximum Gasteiger partial charge on any atom is 0.171 e. The molecule has 0 aliphatic rings. The Balaban J connectivity index is 1.70. The fourth-order valence-corrected chi connectivity index (χ4v) is 3.38. The molecule has 0 fully saturated rings. The van der Waals surface area contributed by atoms with Crippen molar-refractivity contribution < 1.29 is 14.6 Å². The predicted molar refractivity (Wildman–Crippen MR) is 122 cm³/mol. The van der Waals surface area contributed by atoms with Gasteiger partial charge in [-0.3, -0.25) is 4.79 Å². The second-order valence-corrected chi connectivity index (χ2v) is 7.05. The van der Waals surface area contributed by atoms with Gasteiger partial charge in [-0.2, -0.15) is 5.11 Å². The largest absolute Gasteiger partial charge is 0.505 e. The molecule has 154 valence electrons. The number of azo groups is 1. The summed E-state index contributed by atoms with van der Waals surface area (Å²) in [5, 5.41) is 21.0. The number of carbonyl (C=O) groups excluding carboxylic acids is 1. The molecule has 0 heterocycles. The van der Waals surface area contributed by atoms with E-state index in [1.54, 1.807) is 6.07 Å². The quantitative estimate of drug-likeness (QED) is 0.269. The average Bonchev–Trinajstić information content (AvgIpc) is 2.80. The first-order valence-electron chi connectivity index (χ1n) is 10.1. The Morgan fingerprint density at radius 3 is 2.35 bits per heavy atom. The molecule has 0 atom stereocenters. The highest BCUT2D eigenvalue weighted by atomic mass is 16.5. The monoisotopic (exact) mass is 410 g/mol. The van der Waals surface area contributed by atoms with E-state index < -0.39 is 0 Å². The van der Waals surface area contributed by atoms with E-state index >= 15 is 0 Å². The fraction of sp³-hybridized carbons (Fsp3) is 0.115. The summed E-state index contributed by atoms with van der Waals surface area (Å²) in [6.45, 7) is 2.51. The van der Waals surface area contributed by atoms with Crippen LogP contribution in [0.3, 0.4) is 0 Å². The van der Waals surface area contributed by atoms with E-state index in [0.29, 0.717) is 12.3 Å². The molecule has 0 unspecified atom stereocenters. The molecule has 0 radical (unpaired) electrons. The average molecular weight is 410 g/mol. The lowest BCUT2D eigenvalue weighted by atomic mass is 9.97. The molecule has 0 aromatic heterocycles. The van der Waals surface area contributed by atoms with Crippen LogP contribution in [0.4, 0.5) is 11.4 Å². The number of Topliss-reactive ketones (excluding diaryl/α,β-unsaturated/α-hetero) is 1. The zero-order chi connectivity index (χ0) is 21.6. The SMILES string of the molecule is CCOc1ccc(CC(=O)c2cc3ccccc3c(N=Nc3ccccc3)c2O)cc1. The Morgan fingerprint density at radius 1 is 0.903 bits per heavy atom. The number of hydrogen-bond donors (Lipinski definition) is 1. The van der Waals surface area contributed by atoms with Gasteiger partial charge in [0.25, 0.3) is 0 Å². The number of fused-ring (bicyclic) bond motifs is 1. The van der Waals surface area contributed by atoms with Gasteiger partial charge in [0.15, 0.2) is 11.5 Å². The van der Waals surface area contributed by atoms with Crippen molar-refractivity contribution in [2.45, 2.75) is 13.3 Å². The highest BCUT2D eigenvalue weighted by Crippen LogP contribution is 2.39. The second kappa shape index (κ2) is 9.22. The maximum absolute atomic E-state index is 13.1. The van der Waals surface area contributed by atoms with Crippen molar-refractivity contribution >= 4 is 27.9 Å². The molecule has 0 bridgehead atoms. The standard InChI is InChI=1S/C26H22N2O3/c1-2-31-21-14-12-18(13-15-21)16-24(29)23-17-19-8-6-7-11-22(19)25(26(23)30)28-27-20-9-4-3-5-10-20/h3-15,17,30H,2,16H2,1H3. The van der Waals surface area contributed by atoms with Gasteiger partial charge in [-0.15, -0.1) is 5.11 Å². The van der Waals surface area contributed by atoms with Gasteiger partial charge < -0.3 is 9.84 Å². The van der Waals surface area contributed by atoms with Crippen molar-refractivity contribution in [2.75, 3.05) is 6.61 Å². The Morgan fingerprint density at radius 2 is 1.61 bits per heavy atom. The molecule has 5 heteroatoms. The summed E-state index contributed by atoms with van der Waals surface area (Å²) in [5.74, 6) is 0.411. The van der Waals surface area contributed by atoms with Crippen LogP contribution in [-0.2, 0) is 6.42 Å². The summed E-state index contributed by atoms with van der Waals surface area (Å²) in [5.41, 5.74) is 2.03. The van der Waals surface area contributed by atoms with Gasteiger partial charge in [0, 0.05) is 11.8 Å². The Labute approximate surface area is 180 Å². The van der Waals surface area contributed by atoms with Crippen molar-refractivity contribution in [1.82, 2.24) is 0 Å². The lowest BCUT2D eigenvalue weighted by Crippen LogP contribution is -2.04. The highest BCUT2D eigenvalue weighted by molar-refractivity contribution is 6.08. The van der Waals surface area contributed by atoms with Crippen molar-refractivity contribution in [3.63, 3.8) is 0 Å². The number of phenolic OH excluding ortho intramolecular Hbond substituents is 1. The summed E-state index contributed by atoms with van der Waals surface area (Å²) in [4.78, 5) is 13.1. The van der Waals surface area contributed by atoms with Crippen LogP contribution in [-0.4, -0.2) is 17.5 Å². The van der Waals surface area contributed by atoms with Crippen LogP contribution in [0.2, 0.25) is 0 Å². The highest BCUT2D eigenvalue weighted by Gasteiger charge is 2.18. The summed E-state index contributed by atoms with van der Waals surface area (Å²) in [7, 11) is 0. The molecule has 0 aliphatic heterocycles. The molecule has 31 heavy (non-hydrogen) atoms. The molecule has 0 saturated carbocycles. The number of rotatable bonds is 7. The van der Waals surface area contributed by atoms with E-state index in [0.717, 1.165) is 22.1 Å². The number of ketones is 1. The van der Waals surface area contributed by atoms with Crippen LogP contribution >= 0.6 is 0 Å². The van der Waals surface area contributed by atoms with Crippen LogP contribution in [0.25, 0.3) is 10.8 Å². The van der Waals surface area contributed by atoms with Gasteiger partial charge in [-0.05, 0) is 48.2 Å². The van der Waals surface area contributed by atoms with Gasteiger partial charge in [-0.25, -0.2) is 0 Å². The van der Waals surface area contributed by atoms with Crippen molar-refractivity contribution in [2.24, 2.45) is 10.2 Å². The molecule has 4 rings (SSSR count). The first kappa shape index (κ1) is 20.3. The molecular weight excluding hydrogens is 388 g/mol. The molecule has 0 aliphatic carbocycles. The van der Waals surface area contributed by atoms with E-state index in [1.807, 2.05) is 85.8 Å². The van der Waals surface area contributed by atoms with E-state index in [4.69, 9.17) is 4.74 Å². The maximum atomic E-state index is 13.1. The van der Waals surface area contributed by atoms with Crippen LogP contribution in [0.5, 0.6) is 11.5 Å². The van der Waals surface area contributed by atoms with E-state index in [2.05, 4.69) is 10.2 Å². The minimum absolute atomic E-state index is 0.158. The number of benzene rings is 4. The van der Waals surface area contributed by atoms with Crippen molar-refractivity contribution in [1.29, 1.82) is 0 Å². The topological polar surface area (TPSA) is 71.2 Å². The van der Waals surface area contributed by atoms with Gasteiger partial charge in [-0.1, -0.05) is 54.6 Å². The van der Waals surface area contributed by atoms with Crippen LogP contribution in [0.1, 0.15) is 22.8 Å². The van der Waals surface area contributed by atoms with Gasteiger partial charge >= 0.3 is 0 Å². The smallest absolute Gasteiger partial charge is 0.171 e. The molecule has 4 aromatic rings. The number of phenols is 1. The molecule has 0 spiro atoms. The van der Waals surface area contributed by atoms with E-state index in [1.165, 1.54) is 0 Å². The Bertz CT molecular complexity index is 1230. The zero-order valence-corrected chi connectivity index (χ0v) is 17.2.